The van der Waals surface area contributed by atoms with Crippen LogP contribution in [0.5, 0.6) is 0 Å². The molecule has 0 radical (unpaired) electrons. The van der Waals surface area contributed by atoms with Gasteiger partial charge in [-0.05, 0) is 36.5 Å². The average Bonchev–Trinajstić information content (AvgIpc) is 3.53. The van der Waals surface area contributed by atoms with Crippen molar-refractivity contribution < 1.29 is 19.5 Å². The minimum atomic E-state index is -0.890. The van der Waals surface area contributed by atoms with Gasteiger partial charge in [0.15, 0.2) is 0 Å². The van der Waals surface area contributed by atoms with E-state index in [2.05, 4.69) is 27.9 Å². The monoisotopic (exact) mass is 544 g/mol. The second-order valence-electron chi connectivity index (χ2n) is 10.6. The number of aromatic nitrogens is 3. The SMILES string of the molecule is CCC[C@@H]1C=C[C@H]2[C@@H](C(=O)N([C@@H](CO)Cc3ccccc3)[C@@H]2C(=O)NCn2nnc3ccccc32)[C@@H]1C(=O)NC. The Balaban J connectivity index is 1.49. The molecule has 2 heterocycles. The lowest BCUT2D eigenvalue weighted by Crippen LogP contribution is -2.53. The number of amides is 3. The van der Waals surface area contributed by atoms with Gasteiger partial charge in [-0.1, -0.05) is 73.2 Å². The van der Waals surface area contributed by atoms with Crippen molar-refractivity contribution in [2.75, 3.05) is 13.7 Å². The van der Waals surface area contributed by atoms with E-state index in [1.807, 2.05) is 66.7 Å². The van der Waals surface area contributed by atoms with Gasteiger partial charge in [-0.25, -0.2) is 4.68 Å². The summed E-state index contributed by atoms with van der Waals surface area (Å²) in [5, 5.41) is 24.5. The molecule has 1 fully saturated rings. The second kappa shape index (κ2) is 12.0. The van der Waals surface area contributed by atoms with Gasteiger partial charge < -0.3 is 20.6 Å². The molecular formula is C30H36N6O4. The van der Waals surface area contributed by atoms with Gasteiger partial charge >= 0.3 is 0 Å². The summed E-state index contributed by atoms with van der Waals surface area (Å²) in [6.45, 7) is 1.80. The lowest BCUT2D eigenvalue weighted by Gasteiger charge is -2.34. The molecule has 3 N–H and O–H groups in total. The third-order valence-corrected chi connectivity index (χ3v) is 8.23. The number of aliphatic hydroxyl groups excluding tert-OH is 1. The van der Waals surface area contributed by atoms with Crippen LogP contribution in [0, 0.1) is 23.7 Å². The first kappa shape index (κ1) is 27.5. The van der Waals surface area contributed by atoms with Crippen molar-refractivity contribution in [1.29, 1.82) is 0 Å². The van der Waals surface area contributed by atoms with Gasteiger partial charge in [-0.2, -0.15) is 0 Å². The molecule has 3 aromatic rings. The molecule has 5 rings (SSSR count). The van der Waals surface area contributed by atoms with Gasteiger partial charge in [0.05, 0.1) is 30.0 Å². The lowest BCUT2D eigenvalue weighted by molar-refractivity contribution is -0.143. The van der Waals surface area contributed by atoms with Crippen LogP contribution in [0.15, 0.2) is 66.7 Å². The van der Waals surface area contributed by atoms with E-state index in [1.54, 1.807) is 11.7 Å². The number of allylic oxidation sites excluding steroid dienone is 1. The zero-order chi connectivity index (χ0) is 28.2. The highest BCUT2D eigenvalue weighted by molar-refractivity contribution is 5.97. The van der Waals surface area contributed by atoms with Crippen molar-refractivity contribution in [3.05, 3.63) is 72.3 Å². The minimum absolute atomic E-state index is 0.0682. The van der Waals surface area contributed by atoms with Crippen LogP contribution in [-0.4, -0.2) is 68.5 Å². The Morgan fingerprint density at radius 1 is 1.05 bits per heavy atom. The van der Waals surface area contributed by atoms with Crippen LogP contribution in [0.2, 0.25) is 0 Å². The Hall–Kier alpha value is -4.05. The molecule has 1 aliphatic carbocycles. The summed E-state index contributed by atoms with van der Waals surface area (Å²) >= 11 is 0. The van der Waals surface area contributed by atoms with E-state index in [0.29, 0.717) is 11.9 Å². The summed E-state index contributed by atoms with van der Waals surface area (Å²) in [5.41, 5.74) is 2.43. The molecule has 0 bridgehead atoms. The first-order chi connectivity index (χ1) is 19.5. The molecule has 10 nitrogen and oxygen atoms in total. The number of hydrogen-bond acceptors (Lipinski definition) is 6. The van der Waals surface area contributed by atoms with E-state index in [4.69, 9.17) is 0 Å². The van der Waals surface area contributed by atoms with Gasteiger partial charge in [-0.3, -0.25) is 14.4 Å². The molecule has 2 aliphatic rings. The highest BCUT2D eigenvalue weighted by Crippen LogP contribution is 2.46. The molecule has 2 aromatic carbocycles. The Morgan fingerprint density at radius 3 is 2.52 bits per heavy atom. The Bertz CT molecular complexity index is 1390. The quantitative estimate of drug-likeness (QED) is 0.335. The van der Waals surface area contributed by atoms with Crippen LogP contribution in [0.25, 0.3) is 11.0 Å². The average molecular weight is 545 g/mol. The van der Waals surface area contributed by atoms with E-state index in [1.165, 1.54) is 4.90 Å². The van der Waals surface area contributed by atoms with Gasteiger partial charge in [0.2, 0.25) is 17.7 Å². The largest absolute Gasteiger partial charge is 0.394 e. The van der Waals surface area contributed by atoms with Crippen molar-refractivity contribution in [3.63, 3.8) is 0 Å². The number of nitrogens with zero attached hydrogens (tertiary/aromatic N) is 4. The van der Waals surface area contributed by atoms with Crippen LogP contribution in [0.1, 0.15) is 25.3 Å². The zero-order valence-electron chi connectivity index (χ0n) is 22.8. The van der Waals surface area contributed by atoms with E-state index in [0.717, 1.165) is 23.9 Å². The number of nitrogens with one attached hydrogen (secondary N) is 2. The van der Waals surface area contributed by atoms with Crippen molar-refractivity contribution in [1.82, 2.24) is 30.5 Å². The van der Waals surface area contributed by atoms with Crippen LogP contribution in [0.3, 0.4) is 0 Å². The third kappa shape index (κ3) is 5.11. The van der Waals surface area contributed by atoms with E-state index < -0.39 is 29.8 Å². The Kier molecular flexibility index (Phi) is 8.25. The fourth-order valence-electron chi connectivity index (χ4n) is 6.40. The van der Waals surface area contributed by atoms with Crippen molar-refractivity contribution in [3.8, 4) is 0 Å². The number of likely N-dealkylation sites (tertiary alicyclic amines) is 1. The van der Waals surface area contributed by atoms with Crippen LogP contribution in [0.4, 0.5) is 0 Å². The molecule has 1 saturated heterocycles. The molecule has 3 amide bonds. The number of benzene rings is 2. The molecule has 0 spiro atoms. The first-order valence-electron chi connectivity index (χ1n) is 13.9. The summed E-state index contributed by atoms with van der Waals surface area (Å²) in [7, 11) is 1.58. The fraction of sp³-hybridized carbons (Fsp3) is 0.433. The van der Waals surface area contributed by atoms with Crippen LogP contribution < -0.4 is 10.6 Å². The van der Waals surface area contributed by atoms with Gasteiger partial charge in [0, 0.05) is 13.0 Å². The first-order valence-corrected chi connectivity index (χ1v) is 13.9. The van der Waals surface area contributed by atoms with Gasteiger partial charge in [-0.15, -0.1) is 5.10 Å². The highest BCUT2D eigenvalue weighted by Gasteiger charge is 2.58. The summed E-state index contributed by atoms with van der Waals surface area (Å²) in [6.07, 6.45) is 5.94. The molecule has 0 saturated carbocycles. The zero-order valence-corrected chi connectivity index (χ0v) is 22.8. The van der Waals surface area contributed by atoms with Crippen molar-refractivity contribution >= 4 is 28.8 Å². The molecule has 0 unspecified atom stereocenters. The number of para-hydroxylation sites is 1. The van der Waals surface area contributed by atoms with Crippen LogP contribution >= 0.6 is 0 Å². The lowest BCUT2D eigenvalue weighted by atomic mass is 9.68. The predicted octanol–water partition coefficient (Wildman–Crippen LogP) is 1.90. The molecule has 40 heavy (non-hydrogen) atoms. The maximum Gasteiger partial charge on any atom is 0.244 e. The van der Waals surface area contributed by atoms with Crippen molar-refractivity contribution in [2.45, 2.75) is 44.9 Å². The summed E-state index contributed by atoms with van der Waals surface area (Å²) in [4.78, 5) is 42.9. The number of aliphatic hydroxyl groups is 1. The summed E-state index contributed by atoms with van der Waals surface area (Å²) in [6, 6.07) is 15.5. The fourth-order valence-corrected chi connectivity index (χ4v) is 6.40. The number of carbonyl (C=O) groups is 3. The van der Waals surface area contributed by atoms with E-state index in [9.17, 15) is 19.5 Å². The molecule has 10 heteroatoms. The molecule has 6 atom stereocenters. The van der Waals surface area contributed by atoms with Gasteiger partial charge in [0.1, 0.15) is 18.2 Å². The number of hydrogen-bond donors (Lipinski definition) is 3. The van der Waals surface area contributed by atoms with Gasteiger partial charge in [0.25, 0.3) is 0 Å². The molecule has 210 valence electrons. The Labute approximate surface area is 233 Å². The highest BCUT2D eigenvalue weighted by atomic mass is 16.3. The van der Waals surface area contributed by atoms with E-state index >= 15 is 0 Å². The molecule has 1 aromatic heterocycles. The summed E-state index contributed by atoms with van der Waals surface area (Å²) < 4.78 is 1.60. The Morgan fingerprint density at radius 2 is 1.80 bits per heavy atom. The smallest absolute Gasteiger partial charge is 0.244 e. The normalized spacial score (nSPS) is 24.6. The molecule has 1 aliphatic heterocycles. The van der Waals surface area contributed by atoms with E-state index in [-0.39, 0.29) is 36.9 Å². The number of rotatable bonds is 10. The topological polar surface area (TPSA) is 129 Å². The van der Waals surface area contributed by atoms with Crippen molar-refractivity contribution in [2.24, 2.45) is 23.7 Å². The third-order valence-electron chi connectivity index (χ3n) is 8.23. The van der Waals surface area contributed by atoms with Crippen LogP contribution in [-0.2, 0) is 27.5 Å². The minimum Gasteiger partial charge on any atom is -0.394 e. The maximum atomic E-state index is 14.2. The second-order valence-corrected chi connectivity index (χ2v) is 10.6. The number of fused-ring (bicyclic) bond motifs is 2. The predicted molar refractivity (Wildman–Crippen MR) is 149 cm³/mol. The number of carbonyl (C=O) groups excluding carboxylic acids is 3. The maximum absolute atomic E-state index is 14.2. The molecular weight excluding hydrogens is 508 g/mol. The summed E-state index contributed by atoms with van der Waals surface area (Å²) in [5.74, 6) is -2.75. The standard InChI is InChI=1S/C30H36N6O4/c1-3-9-20-14-15-22-26(25(20)28(38)31-2)30(40)36(21(17-37)16-19-10-5-4-6-11-19)27(22)29(39)32-18-35-24-13-8-7-12-23(24)33-34-35/h4-8,10-15,20-22,25-27,37H,3,9,16-18H2,1-2H3,(H,31,38)(H,32,39)/t20-,21-,22+,25-,26-,27+/m1/s1.